The summed E-state index contributed by atoms with van der Waals surface area (Å²) in [5, 5.41) is 1.17. The van der Waals surface area contributed by atoms with Crippen molar-refractivity contribution in [1.29, 1.82) is 0 Å². The van der Waals surface area contributed by atoms with E-state index in [1.54, 1.807) is 6.20 Å². The van der Waals surface area contributed by atoms with E-state index in [4.69, 9.17) is 0 Å². The van der Waals surface area contributed by atoms with Crippen molar-refractivity contribution < 1.29 is 0 Å². The summed E-state index contributed by atoms with van der Waals surface area (Å²) >= 11 is 1.51. The Hall–Kier alpha value is -0.960. The van der Waals surface area contributed by atoms with Crippen molar-refractivity contribution in [3.05, 3.63) is 23.2 Å². The summed E-state index contributed by atoms with van der Waals surface area (Å²) in [5.74, 6) is 0. The van der Waals surface area contributed by atoms with Gasteiger partial charge in [0.05, 0.1) is 0 Å². The minimum atomic E-state index is 0.866. The molecule has 12 heavy (non-hydrogen) atoms. The van der Waals surface area contributed by atoms with Crippen LogP contribution in [0.4, 0.5) is 0 Å². The fourth-order valence-corrected chi connectivity index (χ4v) is 1.53. The van der Waals surface area contributed by atoms with E-state index < -0.39 is 0 Å². The minimum Gasteiger partial charge on any atom is -0.236 e. The van der Waals surface area contributed by atoms with E-state index in [2.05, 4.69) is 16.3 Å². The molecule has 0 saturated heterocycles. The third-order valence-electron chi connectivity index (χ3n) is 1.44. The average molecular weight is 180 g/mol. The summed E-state index contributed by atoms with van der Waals surface area (Å²) in [7, 11) is 0. The molecule has 0 aromatic carbocycles. The van der Waals surface area contributed by atoms with Crippen LogP contribution in [0.25, 0.3) is 11.0 Å². The Balaban J connectivity index is 0.000000336. The highest BCUT2D eigenvalue weighted by atomic mass is 32.1. The van der Waals surface area contributed by atoms with Crippen LogP contribution in [-0.4, -0.2) is 9.36 Å². The third kappa shape index (κ3) is 1.61. The van der Waals surface area contributed by atoms with Gasteiger partial charge in [-0.2, -0.15) is 4.37 Å². The summed E-state index contributed by atoms with van der Waals surface area (Å²) < 4.78 is 4.15. The van der Waals surface area contributed by atoms with Gasteiger partial charge < -0.3 is 0 Å². The molecule has 64 valence electrons. The smallest absolute Gasteiger partial charge is 0.172 e. The molecule has 0 aliphatic rings. The zero-order valence-corrected chi connectivity index (χ0v) is 8.35. The van der Waals surface area contributed by atoms with E-state index in [9.17, 15) is 0 Å². The molecular weight excluding hydrogens is 168 g/mol. The lowest BCUT2D eigenvalue weighted by atomic mass is 10.3. The van der Waals surface area contributed by atoms with Crippen molar-refractivity contribution in [3.8, 4) is 0 Å². The summed E-state index contributed by atoms with van der Waals surface area (Å²) in [6, 6.07) is 3.98. The van der Waals surface area contributed by atoms with Crippen molar-refractivity contribution in [3.63, 3.8) is 0 Å². The van der Waals surface area contributed by atoms with E-state index in [0.717, 1.165) is 5.65 Å². The van der Waals surface area contributed by atoms with Gasteiger partial charge in [0.2, 0.25) is 0 Å². The lowest BCUT2D eigenvalue weighted by Crippen LogP contribution is -1.72. The highest BCUT2D eigenvalue weighted by molar-refractivity contribution is 7.07. The topological polar surface area (TPSA) is 25.8 Å². The fourth-order valence-electron chi connectivity index (χ4n) is 0.905. The Bertz CT molecular complexity index is 354. The van der Waals surface area contributed by atoms with Crippen molar-refractivity contribution in [2.75, 3.05) is 0 Å². The second kappa shape index (κ2) is 4.16. The number of rotatable bonds is 0. The standard InChI is InChI=1S/C7H6N2S.C2H6/c1-5-6-3-2-4-8-7(6)9-10-5;1-2/h2-4H,1H3;1-2H3. The quantitative estimate of drug-likeness (QED) is 0.622. The van der Waals surface area contributed by atoms with Crippen LogP contribution >= 0.6 is 11.5 Å². The number of pyridine rings is 1. The van der Waals surface area contributed by atoms with E-state index in [-0.39, 0.29) is 0 Å². The molecule has 0 atom stereocenters. The lowest BCUT2D eigenvalue weighted by Gasteiger charge is -1.83. The molecule has 0 amide bonds. The van der Waals surface area contributed by atoms with Gasteiger partial charge in [0, 0.05) is 16.5 Å². The molecule has 3 heteroatoms. The van der Waals surface area contributed by atoms with E-state index in [1.807, 2.05) is 26.0 Å². The summed E-state index contributed by atoms with van der Waals surface area (Å²) in [6.45, 7) is 6.06. The first-order chi connectivity index (χ1) is 5.88. The van der Waals surface area contributed by atoms with Gasteiger partial charge in [0.15, 0.2) is 5.65 Å². The Morgan fingerprint density at radius 2 is 2.08 bits per heavy atom. The van der Waals surface area contributed by atoms with Gasteiger partial charge in [0.1, 0.15) is 0 Å². The number of fused-ring (bicyclic) bond motifs is 1. The van der Waals surface area contributed by atoms with Gasteiger partial charge in [-0.05, 0) is 30.6 Å². The molecule has 0 saturated carbocycles. The first kappa shape index (κ1) is 9.13. The number of hydrogen-bond acceptors (Lipinski definition) is 3. The fraction of sp³-hybridized carbons (Fsp3) is 0.333. The van der Waals surface area contributed by atoms with Gasteiger partial charge >= 0.3 is 0 Å². The molecule has 0 aliphatic carbocycles. The molecular formula is C9H12N2S. The van der Waals surface area contributed by atoms with Crippen LogP contribution in [0.1, 0.15) is 18.7 Å². The Kier molecular flexibility index (Phi) is 3.17. The second-order valence-corrected chi connectivity index (χ2v) is 3.09. The minimum absolute atomic E-state index is 0.866. The maximum Gasteiger partial charge on any atom is 0.172 e. The third-order valence-corrected chi connectivity index (χ3v) is 2.19. The van der Waals surface area contributed by atoms with Gasteiger partial charge in [-0.3, -0.25) is 0 Å². The van der Waals surface area contributed by atoms with Crippen LogP contribution in [0, 0.1) is 6.92 Å². The molecule has 0 radical (unpaired) electrons. The second-order valence-electron chi connectivity index (χ2n) is 2.11. The van der Waals surface area contributed by atoms with Crippen molar-refractivity contribution in [2.45, 2.75) is 20.8 Å². The maximum absolute atomic E-state index is 4.15. The summed E-state index contributed by atoms with van der Waals surface area (Å²) in [6.07, 6.45) is 1.77. The molecule has 2 aromatic rings. The molecule has 0 fully saturated rings. The van der Waals surface area contributed by atoms with Crippen LogP contribution in [-0.2, 0) is 0 Å². The molecule has 0 unspecified atom stereocenters. The Morgan fingerprint density at radius 3 is 2.75 bits per heavy atom. The maximum atomic E-state index is 4.15. The van der Waals surface area contributed by atoms with Crippen molar-refractivity contribution >= 4 is 22.6 Å². The van der Waals surface area contributed by atoms with Crippen LogP contribution < -0.4 is 0 Å². The van der Waals surface area contributed by atoms with E-state index >= 15 is 0 Å². The number of aromatic nitrogens is 2. The number of aryl methyl sites for hydroxylation is 1. The SMILES string of the molecule is CC.Cc1snc2ncccc12. The van der Waals surface area contributed by atoms with Gasteiger partial charge in [-0.25, -0.2) is 4.98 Å². The van der Waals surface area contributed by atoms with Gasteiger partial charge in [-0.1, -0.05) is 13.8 Å². The van der Waals surface area contributed by atoms with Crippen LogP contribution in [0.3, 0.4) is 0 Å². The van der Waals surface area contributed by atoms with Crippen LogP contribution in [0.5, 0.6) is 0 Å². The zero-order valence-electron chi connectivity index (χ0n) is 7.53. The lowest BCUT2D eigenvalue weighted by molar-refractivity contribution is 1.37. The van der Waals surface area contributed by atoms with Crippen molar-refractivity contribution in [1.82, 2.24) is 9.36 Å². The average Bonchev–Trinajstić information content (AvgIpc) is 2.53. The van der Waals surface area contributed by atoms with Crippen molar-refractivity contribution in [2.24, 2.45) is 0 Å². The molecule has 0 spiro atoms. The van der Waals surface area contributed by atoms with Gasteiger partial charge in [-0.15, -0.1) is 0 Å². The first-order valence-electron chi connectivity index (χ1n) is 4.05. The molecule has 0 aliphatic heterocycles. The zero-order chi connectivity index (χ0) is 8.97. The molecule has 0 N–H and O–H groups in total. The number of nitrogens with zero attached hydrogens (tertiary/aromatic N) is 2. The number of hydrogen-bond donors (Lipinski definition) is 0. The normalized spacial score (nSPS) is 9.25. The molecule has 2 aromatic heterocycles. The summed E-state index contributed by atoms with van der Waals surface area (Å²) in [5.41, 5.74) is 0.866. The molecule has 2 heterocycles. The van der Waals surface area contributed by atoms with E-state index in [1.165, 1.54) is 21.8 Å². The predicted octanol–water partition coefficient (Wildman–Crippen LogP) is 3.03. The van der Waals surface area contributed by atoms with E-state index in [0.29, 0.717) is 0 Å². The molecule has 2 nitrogen and oxygen atoms in total. The van der Waals surface area contributed by atoms with Gasteiger partial charge in [0.25, 0.3) is 0 Å². The highest BCUT2D eigenvalue weighted by Crippen LogP contribution is 2.17. The summed E-state index contributed by atoms with van der Waals surface area (Å²) in [4.78, 5) is 5.34. The first-order valence-corrected chi connectivity index (χ1v) is 4.82. The monoisotopic (exact) mass is 180 g/mol. The highest BCUT2D eigenvalue weighted by Gasteiger charge is 1.98. The largest absolute Gasteiger partial charge is 0.236 e. The van der Waals surface area contributed by atoms with Crippen LogP contribution in [0.15, 0.2) is 18.3 Å². The van der Waals surface area contributed by atoms with Crippen LogP contribution in [0.2, 0.25) is 0 Å². The Morgan fingerprint density at radius 1 is 1.33 bits per heavy atom. The predicted molar refractivity (Wildman–Crippen MR) is 53.5 cm³/mol. The Labute approximate surface area is 76.4 Å². The molecule has 2 rings (SSSR count). The molecule has 0 bridgehead atoms.